The number of hydrogen-bond acceptors (Lipinski definition) is 4. The van der Waals surface area contributed by atoms with Gasteiger partial charge in [-0.15, -0.1) is 0 Å². The fraction of sp³-hybridized carbons (Fsp3) is 0.0909. The Morgan fingerprint density at radius 3 is 2.35 bits per heavy atom. The van der Waals surface area contributed by atoms with Crippen molar-refractivity contribution in [2.75, 3.05) is 12.9 Å². The summed E-state index contributed by atoms with van der Waals surface area (Å²) in [6.07, 6.45) is 1.76. The van der Waals surface area contributed by atoms with Crippen molar-refractivity contribution in [3.8, 4) is 0 Å². The maximum Gasteiger partial charge on any atom is 0.334 e. The van der Waals surface area contributed by atoms with Crippen LogP contribution in [-0.4, -0.2) is 23.9 Å². The molecule has 0 atom stereocenters. The molecule has 0 saturated carbocycles. The van der Waals surface area contributed by atoms with Crippen LogP contribution in [-0.2, 0) is 9.53 Å². The number of esters is 1. The van der Waals surface area contributed by atoms with Gasteiger partial charge < -0.3 is 4.74 Å². The summed E-state index contributed by atoms with van der Waals surface area (Å²) in [5.41, 5.74) is 1.97. The number of ether oxygens (including phenoxy) is 1. The van der Waals surface area contributed by atoms with Gasteiger partial charge in [-0.2, -0.15) is 0 Å². The SMILES string of the molecule is COC(=O)/C(=C/c1ccccc1)CSC(=O)c1ccc2ccccc2c1. The smallest absolute Gasteiger partial charge is 0.334 e. The highest BCUT2D eigenvalue weighted by atomic mass is 32.2. The van der Waals surface area contributed by atoms with Gasteiger partial charge in [-0.3, -0.25) is 4.79 Å². The lowest BCUT2D eigenvalue weighted by molar-refractivity contribution is -0.135. The Kier molecular flexibility index (Phi) is 5.87. The standard InChI is InChI=1S/C22H18O3S/c1-25-21(23)20(13-16-7-3-2-4-8-16)15-26-22(24)19-12-11-17-9-5-6-10-18(17)14-19/h2-14H,15H2,1H3/b20-13+. The van der Waals surface area contributed by atoms with E-state index in [1.54, 1.807) is 6.08 Å². The molecule has 0 spiro atoms. The lowest BCUT2D eigenvalue weighted by Gasteiger charge is -2.06. The summed E-state index contributed by atoms with van der Waals surface area (Å²) in [6, 6.07) is 23.0. The van der Waals surface area contributed by atoms with Gasteiger partial charge in [-0.05, 0) is 34.5 Å². The highest BCUT2D eigenvalue weighted by Gasteiger charge is 2.14. The minimum atomic E-state index is -0.423. The maximum atomic E-state index is 12.5. The molecule has 3 aromatic rings. The molecule has 4 heteroatoms. The highest BCUT2D eigenvalue weighted by molar-refractivity contribution is 8.14. The van der Waals surface area contributed by atoms with E-state index in [1.807, 2.05) is 72.8 Å². The first kappa shape index (κ1) is 18.0. The molecular formula is C22H18O3S. The Labute approximate surface area is 156 Å². The summed E-state index contributed by atoms with van der Waals surface area (Å²) >= 11 is 1.10. The molecule has 0 saturated heterocycles. The van der Waals surface area contributed by atoms with E-state index in [0.29, 0.717) is 11.1 Å². The molecule has 0 bridgehead atoms. The zero-order chi connectivity index (χ0) is 18.4. The van der Waals surface area contributed by atoms with Crippen LogP contribution in [0.25, 0.3) is 16.8 Å². The van der Waals surface area contributed by atoms with Gasteiger partial charge in [0.15, 0.2) is 0 Å². The number of fused-ring (bicyclic) bond motifs is 1. The van der Waals surface area contributed by atoms with Gasteiger partial charge in [0.2, 0.25) is 5.12 Å². The molecule has 0 aliphatic carbocycles. The molecule has 0 radical (unpaired) electrons. The van der Waals surface area contributed by atoms with Crippen LogP contribution in [0.3, 0.4) is 0 Å². The van der Waals surface area contributed by atoms with Crippen LogP contribution < -0.4 is 0 Å². The number of carbonyl (C=O) groups excluding carboxylic acids is 2. The number of thioether (sulfide) groups is 1. The first-order chi connectivity index (χ1) is 12.7. The Morgan fingerprint density at radius 2 is 1.62 bits per heavy atom. The van der Waals surface area contributed by atoms with Crippen molar-refractivity contribution in [1.29, 1.82) is 0 Å². The van der Waals surface area contributed by atoms with E-state index in [4.69, 9.17) is 4.74 Å². The van der Waals surface area contributed by atoms with Gasteiger partial charge >= 0.3 is 5.97 Å². The Balaban J connectivity index is 1.76. The minimum Gasteiger partial charge on any atom is -0.466 e. The van der Waals surface area contributed by atoms with Gasteiger partial charge in [-0.25, -0.2) is 4.79 Å². The predicted octanol–water partition coefficient (Wildman–Crippen LogP) is 4.97. The van der Waals surface area contributed by atoms with Crippen LogP contribution >= 0.6 is 11.8 Å². The van der Waals surface area contributed by atoms with E-state index in [0.717, 1.165) is 28.1 Å². The van der Waals surface area contributed by atoms with Crippen molar-refractivity contribution in [1.82, 2.24) is 0 Å². The lowest BCUT2D eigenvalue weighted by Crippen LogP contribution is -2.08. The second-order valence-corrected chi connectivity index (χ2v) is 6.66. The third-order valence-electron chi connectivity index (χ3n) is 3.93. The molecule has 0 aliphatic rings. The van der Waals surface area contributed by atoms with Crippen molar-refractivity contribution in [2.45, 2.75) is 0 Å². The van der Waals surface area contributed by atoms with E-state index < -0.39 is 5.97 Å². The molecule has 0 aromatic heterocycles. The van der Waals surface area contributed by atoms with Crippen LogP contribution in [0.5, 0.6) is 0 Å². The minimum absolute atomic E-state index is 0.0707. The quantitative estimate of drug-likeness (QED) is 0.475. The third kappa shape index (κ3) is 4.41. The van der Waals surface area contributed by atoms with Crippen LogP contribution in [0.15, 0.2) is 78.4 Å². The monoisotopic (exact) mass is 362 g/mol. The summed E-state index contributed by atoms with van der Waals surface area (Å²) in [6.45, 7) is 0. The molecule has 3 nitrogen and oxygen atoms in total. The average Bonchev–Trinajstić information content (AvgIpc) is 2.70. The lowest BCUT2D eigenvalue weighted by atomic mass is 10.1. The Bertz CT molecular complexity index is 961. The zero-order valence-electron chi connectivity index (χ0n) is 14.3. The molecule has 3 rings (SSSR count). The van der Waals surface area contributed by atoms with Crippen LogP contribution in [0, 0.1) is 0 Å². The van der Waals surface area contributed by atoms with E-state index in [1.165, 1.54) is 7.11 Å². The van der Waals surface area contributed by atoms with Gasteiger partial charge in [0.1, 0.15) is 0 Å². The van der Waals surface area contributed by atoms with Crippen molar-refractivity contribution in [3.05, 3.63) is 89.5 Å². The second kappa shape index (κ2) is 8.50. The van der Waals surface area contributed by atoms with Gasteiger partial charge in [0.05, 0.1) is 7.11 Å². The molecular weight excluding hydrogens is 344 g/mol. The van der Waals surface area contributed by atoms with Crippen LogP contribution in [0.1, 0.15) is 15.9 Å². The number of hydrogen-bond donors (Lipinski definition) is 0. The van der Waals surface area contributed by atoms with Gasteiger partial charge in [0, 0.05) is 16.9 Å². The molecule has 0 fully saturated rings. The summed E-state index contributed by atoms with van der Waals surface area (Å²) in [4.78, 5) is 24.6. The van der Waals surface area contributed by atoms with Crippen LogP contribution in [0.4, 0.5) is 0 Å². The van der Waals surface area contributed by atoms with Crippen molar-refractivity contribution < 1.29 is 14.3 Å². The number of rotatable bonds is 5. The van der Waals surface area contributed by atoms with Gasteiger partial charge in [-0.1, -0.05) is 72.4 Å². The molecule has 3 aromatic carbocycles. The highest BCUT2D eigenvalue weighted by Crippen LogP contribution is 2.22. The zero-order valence-corrected chi connectivity index (χ0v) is 15.2. The van der Waals surface area contributed by atoms with Gasteiger partial charge in [0.25, 0.3) is 0 Å². The number of methoxy groups -OCH3 is 1. The Morgan fingerprint density at radius 1 is 0.923 bits per heavy atom. The first-order valence-corrected chi connectivity index (χ1v) is 9.16. The van der Waals surface area contributed by atoms with E-state index in [-0.39, 0.29) is 10.9 Å². The van der Waals surface area contributed by atoms with Crippen molar-refractivity contribution >= 4 is 39.7 Å². The molecule has 0 amide bonds. The topological polar surface area (TPSA) is 43.4 Å². The summed E-state index contributed by atoms with van der Waals surface area (Å²) in [7, 11) is 1.34. The molecule has 0 N–H and O–H groups in total. The molecule has 0 heterocycles. The maximum absolute atomic E-state index is 12.5. The Hall–Kier alpha value is -2.85. The fourth-order valence-corrected chi connectivity index (χ4v) is 3.37. The molecule has 26 heavy (non-hydrogen) atoms. The second-order valence-electron chi connectivity index (χ2n) is 5.71. The number of carbonyl (C=O) groups is 2. The normalized spacial score (nSPS) is 11.3. The summed E-state index contributed by atoms with van der Waals surface area (Å²) < 4.78 is 4.85. The number of benzene rings is 3. The average molecular weight is 362 g/mol. The van der Waals surface area contributed by atoms with Crippen LogP contribution in [0.2, 0.25) is 0 Å². The molecule has 0 aliphatic heterocycles. The molecule has 0 unspecified atom stereocenters. The first-order valence-electron chi connectivity index (χ1n) is 8.17. The summed E-state index contributed by atoms with van der Waals surface area (Å²) in [5.74, 6) is -0.166. The largest absolute Gasteiger partial charge is 0.466 e. The summed E-state index contributed by atoms with van der Waals surface area (Å²) in [5, 5.41) is 2.04. The predicted molar refractivity (Wildman–Crippen MR) is 107 cm³/mol. The van der Waals surface area contributed by atoms with Crippen molar-refractivity contribution in [3.63, 3.8) is 0 Å². The van der Waals surface area contributed by atoms with E-state index >= 15 is 0 Å². The van der Waals surface area contributed by atoms with Crippen molar-refractivity contribution in [2.24, 2.45) is 0 Å². The fourth-order valence-electron chi connectivity index (χ4n) is 2.58. The molecule has 130 valence electrons. The van der Waals surface area contributed by atoms with E-state index in [2.05, 4.69) is 0 Å². The third-order valence-corrected chi connectivity index (χ3v) is 4.89. The van der Waals surface area contributed by atoms with E-state index in [9.17, 15) is 9.59 Å².